The minimum Gasteiger partial charge on any atom is -0.494 e. The van der Waals surface area contributed by atoms with Crippen LogP contribution in [-0.4, -0.2) is 44.5 Å². The van der Waals surface area contributed by atoms with Crippen LogP contribution in [0.4, 0.5) is 0 Å². The van der Waals surface area contributed by atoms with Crippen molar-refractivity contribution in [1.82, 2.24) is 25.5 Å². The zero-order chi connectivity index (χ0) is 20.0. The number of nitrogens with zero attached hydrogens (tertiary/aromatic N) is 5. The van der Waals surface area contributed by atoms with Crippen LogP contribution in [0.5, 0.6) is 5.75 Å². The maximum absolute atomic E-state index is 12.5. The molecule has 3 rings (SSSR count). The summed E-state index contributed by atoms with van der Waals surface area (Å²) >= 11 is 1.23. The number of tetrazole rings is 1. The summed E-state index contributed by atoms with van der Waals surface area (Å²) < 4.78 is 6.97. The van der Waals surface area contributed by atoms with Gasteiger partial charge in [0.25, 0.3) is 0 Å². The number of aryl methyl sites for hydroxylation is 1. The van der Waals surface area contributed by atoms with Crippen molar-refractivity contribution >= 4 is 17.7 Å². The van der Waals surface area contributed by atoms with Gasteiger partial charge in [-0.15, -0.1) is 5.10 Å². The van der Waals surface area contributed by atoms with Crippen molar-refractivity contribution in [2.24, 2.45) is 0 Å². The molecule has 9 heteroatoms. The lowest BCUT2D eigenvalue weighted by molar-refractivity contribution is -0.120. The van der Waals surface area contributed by atoms with Gasteiger partial charge in [-0.2, -0.15) is 9.94 Å². The fraction of sp³-hybridized carbons (Fsp3) is 0.526. The van der Waals surface area contributed by atoms with Gasteiger partial charge in [0.1, 0.15) is 17.0 Å². The average molecular weight is 401 g/mol. The van der Waals surface area contributed by atoms with E-state index in [0.29, 0.717) is 29.4 Å². The second-order valence-electron chi connectivity index (χ2n) is 6.99. The Bertz CT molecular complexity index is 868. The van der Waals surface area contributed by atoms with E-state index in [-0.39, 0.29) is 11.7 Å². The number of rotatable bonds is 6. The van der Waals surface area contributed by atoms with E-state index in [2.05, 4.69) is 26.9 Å². The quantitative estimate of drug-likeness (QED) is 0.587. The van der Waals surface area contributed by atoms with E-state index in [1.807, 2.05) is 25.1 Å². The Kier molecular flexibility index (Phi) is 6.52. The number of carbonyl (C=O) groups is 1. The number of thioether (sulfide) groups is 1. The minimum absolute atomic E-state index is 0.137. The van der Waals surface area contributed by atoms with Crippen molar-refractivity contribution in [2.75, 3.05) is 12.9 Å². The Labute approximate surface area is 168 Å². The van der Waals surface area contributed by atoms with Crippen molar-refractivity contribution in [1.29, 1.82) is 5.26 Å². The van der Waals surface area contributed by atoms with Crippen LogP contribution in [-0.2, 0) is 4.79 Å². The molecule has 0 radical (unpaired) electrons. The van der Waals surface area contributed by atoms with Crippen LogP contribution in [0.25, 0.3) is 5.69 Å². The first-order valence-electron chi connectivity index (χ1n) is 9.35. The monoisotopic (exact) mass is 400 g/mol. The Hall–Kier alpha value is -2.60. The molecule has 1 aliphatic carbocycles. The Morgan fingerprint density at radius 2 is 2.11 bits per heavy atom. The fourth-order valence-electron chi connectivity index (χ4n) is 3.42. The molecule has 8 nitrogen and oxygen atoms in total. The topological polar surface area (TPSA) is 106 Å². The van der Waals surface area contributed by atoms with Gasteiger partial charge in [-0.05, 0) is 47.9 Å². The van der Waals surface area contributed by atoms with Gasteiger partial charge >= 0.3 is 0 Å². The summed E-state index contributed by atoms with van der Waals surface area (Å²) in [5.41, 5.74) is 1.01. The van der Waals surface area contributed by atoms with Crippen molar-refractivity contribution in [3.05, 3.63) is 23.8 Å². The molecule has 0 aliphatic heterocycles. The smallest absolute Gasteiger partial charge is 0.231 e. The molecule has 0 atom stereocenters. The van der Waals surface area contributed by atoms with Crippen molar-refractivity contribution in [2.45, 2.75) is 56.1 Å². The highest BCUT2D eigenvalue weighted by Crippen LogP contribution is 2.28. The van der Waals surface area contributed by atoms with Crippen LogP contribution < -0.4 is 10.1 Å². The van der Waals surface area contributed by atoms with Gasteiger partial charge in [-0.25, -0.2) is 0 Å². The van der Waals surface area contributed by atoms with E-state index in [1.54, 1.807) is 11.8 Å². The second kappa shape index (κ2) is 9.06. The zero-order valence-corrected chi connectivity index (χ0v) is 17.0. The first-order chi connectivity index (χ1) is 13.6. The van der Waals surface area contributed by atoms with Gasteiger partial charge in [0.05, 0.1) is 18.9 Å². The van der Waals surface area contributed by atoms with Crippen LogP contribution in [0, 0.1) is 18.3 Å². The van der Waals surface area contributed by atoms with E-state index in [4.69, 9.17) is 4.74 Å². The summed E-state index contributed by atoms with van der Waals surface area (Å²) in [5, 5.41) is 24.9. The average Bonchev–Trinajstić information content (AvgIpc) is 3.05. The summed E-state index contributed by atoms with van der Waals surface area (Å²) in [6.45, 7) is 1.97. The van der Waals surface area contributed by atoms with Gasteiger partial charge in [0, 0.05) is 0 Å². The molecule has 1 heterocycles. The number of hydrogen-bond donors (Lipinski definition) is 1. The summed E-state index contributed by atoms with van der Waals surface area (Å²) in [6.07, 6.45) is 5.57. The Morgan fingerprint density at radius 1 is 1.36 bits per heavy atom. The van der Waals surface area contributed by atoms with Gasteiger partial charge in [0.2, 0.25) is 11.1 Å². The number of ether oxygens (including phenoxy) is 1. The predicted molar refractivity (Wildman–Crippen MR) is 105 cm³/mol. The maximum Gasteiger partial charge on any atom is 0.231 e. The third kappa shape index (κ3) is 4.62. The van der Waals surface area contributed by atoms with E-state index in [1.165, 1.54) is 11.8 Å². The van der Waals surface area contributed by atoms with E-state index >= 15 is 0 Å². The normalized spacial score (nSPS) is 16.0. The number of nitrogens with one attached hydrogen (secondary N) is 1. The highest BCUT2D eigenvalue weighted by atomic mass is 32.2. The molecule has 1 N–H and O–H groups in total. The molecule has 0 bridgehead atoms. The maximum atomic E-state index is 12.5. The SMILES string of the molecule is COc1ccc(C)cc1-n1nnnc1SCC(=O)NC1(C#N)CCCCCC1. The molecular formula is C19H24N6O2S. The molecule has 1 aromatic heterocycles. The van der Waals surface area contributed by atoms with Crippen molar-refractivity contribution < 1.29 is 9.53 Å². The molecule has 1 saturated carbocycles. The molecule has 0 saturated heterocycles. The van der Waals surface area contributed by atoms with Gasteiger partial charge in [-0.1, -0.05) is 43.5 Å². The lowest BCUT2D eigenvalue weighted by Crippen LogP contribution is -2.47. The number of amides is 1. The largest absolute Gasteiger partial charge is 0.494 e. The first kappa shape index (κ1) is 20.1. The molecule has 148 valence electrons. The number of methoxy groups -OCH3 is 1. The summed E-state index contributed by atoms with van der Waals surface area (Å²) in [4.78, 5) is 12.5. The third-order valence-corrected chi connectivity index (χ3v) is 5.80. The van der Waals surface area contributed by atoms with Crippen molar-refractivity contribution in [3.8, 4) is 17.5 Å². The number of carbonyl (C=O) groups excluding carboxylic acids is 1. The molecule has 1 aromatic carbocycles. The number of aromatic nitrogens is 4. The van der Waals surface area contributed by atoms with Crippen LogP contribution in [0.15, 0.2) is 23.4 Å². The lowest BCUT2D eigenvalue weighted by Gasteiger charge is -2.26. The van der Waals surface area contributed by atoms with Crippen LogP contribution >= 0.6 is 11.8 Å². The van der Waals surface area contributed by atoms with Crippen LogP contribution in [0.2, 0.25) is 0 Å². The van der Waals surface area contributed by atoms with E-state index in [0.717, 1.165) is 31.2 Å². The second-order valence-corrected chi connectivity index (χ2v) is 7.94. The summed E-state index contributed by atoms with van der Waals surface area (Å²) in [6, 6.07) is 8.07. The first-order valence-corrected chi connectivity index (χ1v) is 10.3. The lowest BCUT2D eigenvalue weighted by atomic mass is 9.92. The minimum atomic E-state index is -0.750. The predicted octanol–water partition coefficient (Wildman–Crippen LogP) is 2.80. The highest BCUT2D eigenvalue weighted by molar-refractivity contribution is 7.99. The third-order valence-electron chi connectivity index (χ3n) is 4.89. The zero-order valence-electron chi connectivity index (χ0n) is 16.1. The van der Waals surface area contributed by atoms with Gasteiger partial charge < -0.3 is 10.1 Å². The van der Waals surface area contributed by atoms with Crippen molar-refractivity contribution in [3.63, 3.8) is 0 Å². The highest BCUT2D eigenvalue weighted by Gasteiger charge is 2.32. The van der Waals surface area contributed by atoms with E-state index < -0.39 is 5.54 Å². The molecule has 0 spiro atoms. The molecule has 1 aliphatic rings. The molecule has 28 heavy (non-hydrogen) atoms. The van der Waals surface area contributed by atoms with Crippen LogP contribution in [0.3, 0.4) is 0 Å². The van der Waals surface area contributed by atoms with E-state index in [9.17, 15) is 10.1 Å². The number of benzene rings is 1. The Morgan fingerprint density at radius 3 is 2.79 bits per heavy atom. The summed E-state index contributed by atoms with van der Waals surface area (Å²) in [7, 11) is 1.59. The molecular weight excluding hydrogens is 376 g/mol. The number of nitriles is 1. The standard InChI is InChI=1S/C19H24N6O2S/c1-14-7-8-16(27-2)15(11-14)25-18(22-23-24-25)28-12-17(26)21-19(13-20)9-5-3-4-6-10-19/h7-8,11H,3-6,9-10,12H2,1-2H3,(H,21,26). The molecule has 1 amide bonds. The molecule has 1 fully saturated rings. The van der Waals surface area contributed by atoms with Gasteiger partial charge in [-0.3, -0.25) is 4.79 Å². The Balaban J connectivity index is 1.69. The number of hydrogen-bond acceptors (Lipinski definition) is 7. The summed E-state index contributed by atoms with van der Waals surface area (Å²) in [5.74, 6) is 0.600. The van der Waals surface area contributed by atoms with Gasteiger partial charge in [0.15, 0.2) is 0 Å². The molecule has 2 aromatic rings. The molecule has 0 unspecified atom stereocenters. The van der Waals surface area contributed by atoms with Crippen LogP contribution in [0.1, 0.15) is 44.1 Å². The fourth-order valence-corrected chi connectivity index (χ4v) is 4.10.